The number of fused-ring (bicyclic) bond motifs is 1. The number of carbonyl (C=O) groups excluding carboxylic acids is 2. The molecule has 0 saturated carbocycles. The number of rotatable bonds is 5. The summed E-state index contributed by atoms with van der Waals surface area (Å²) in [5, 5.41) is 3.55. The van der Waals surface area contributed by atoms with Crippen molar-refractivity contribution >= 4 is 38.5 Å². The maximum Gasteiger partial charge on any atom is 0.229 e. The number of para-hydroxylation sites is 1. The molecule has 1 N–H and O–H groups in total. The first kappa shape index (κ1) is 20.3. The van der Waals surface area contributed by atoms with Crippen molar-refractivity contribution in [1.82, 2.24) is 9.88 Å². The molecule has 0 aliphatic carbocycles. The minimum Gasteiger partial charge on any atom is -0.457 e. The van der Waals surface area contributed by atoms with Crippen LogP contribution in [0.2, 0.25) is 0 Å². The summed E-state index contributed by atoms with van der Waals surface area (Å²) >= 11 is 1.44. The van der Waals surface area contributed by atoms with Crippen molar-refractivity contribution in [2.45, 2.75) is 26.7 Å². The van der Waals surface area contributed by atoms with Crippen LogP contribution in [0.25, 0.3) is 10.2 Å². The van der Waals surface area contributed by atoms with Crippen molar-refractivity contribution in [3.05, 3.63) is 48.5 Å². The van der Waals surface area contributed by atoms with Crippen molar-refractivity contribution in [3.63, 3.8) is 0 Å². The normalized spacial score (nSPS) is 14.8. The Bertz CT molecular complexity index is 1040. The minimum absolute atomic E-state index is 0.00566. The average Bonchev–Trinajstić information content (AvgIpc) is 3.15. The number of hydrogen-bond donors (Lipinski definition) is 1. The van der Waals surface area contributed by atoms with E-state index in [1.807, 2.05) is 67.3 Å². The maximum absolute atomic E-state index is 12.7. The summed E-state index contributed by atoms with van der Waals surface area (Å²) in [6.45, 7) is 5.08. The highest BCUT2D eigenvalue weighted by atomic mass is 32.1. The summed E-state index contributed by atoms with van der Waals surface area (Å²) in [5.41, 5.74) is 0.827. The zero-order valence-corrected chi connectivity index (χ0v) is 17.9. The van der Waals surface area contributed by atoms with Gasteiger partial charge >= 0.3 is 0 Å². The average molecular weight is 424 g/mol. The van der Waals surface area contributed by atoms with E-state index in [-0.39, 0.29) is 23.7 Å². The Morgan fingerprint density at radius 2 is 1.83 bits per heavy atom. The van der Waals surface area contributed by atoms with Gasteiger partial charge in [-0.15, -0.1) is 0 Å². The summed E-state index contributed by atoms with van der Waals surface area (Å²) in [7, 11) is 0. The molecular formula is C23H25N3O3S. The molecule has 0 radical (unpaired) electrons. The molecule has 2 amide bonds. The van der Waals surface area contributed by atoms with Crippen LogP contribution in [-0.2, 0) is 9.59 Å². The van der Waals surface area contributed by atoms with Gasteiger partial charge < -0.3 is 15.0 Å². The van der Waals surface area contributed by atoms with Crippen LogP contribution in [-0.4, -0.2) is 34.8 Å². The van der Waals surface area contributed by atoms with Crippen LogP contribution < -0.4 is 10.1 Å². The number of ether oxygens (including phenoxy) is 1. The Morgan fingerprint density at radius 1 is 1.10 bits per heavy atom. The number of hydrogen-bond acceptors (Lipinski definition) is 5. The van der Waals surface area contributed by atoms with Gasteiger partial charge in [0.15, 0.2) is 5.13 Å². The maximum atomic E-state index is 12.7. The number of carbonyl (C=O) groups is 2. The SMILES string of the molecule is CC(C)C(=O)N1CCC(C(=O)Nc2nc3ccc(Oc4ccccc4)cc3s2)CC1. The molecule has 7 heteroatoms. The molecular weight excluding hydrogens is 398 g/mol. The number of benzene rings is 2. The molecule has 30 heavy (non-hydrogen) atoms. The molecule has 1 saturated heterocycles. The molecule has 1 aliphatic rings. The summed E-state index contributed by atoms with van der Waals surface area (Å²) < 4.78 is 6.83. The van der Waals surface area contributed by atoms with E-state index in [2.05, 4.69) is 10.3 Å². The molecule has 0 spiro atoms. The highest BCUT2D eigenvalue weighted by molar-refractivity contribution is 7.22. The second-order valence-electron chi connectivity index (χ2n) is 7.81. The number of amides is 2. The highest BCUT2D eigenvalue weighted by Gasteiger charge is 2.28. The van der Waals surface area contributed by atoms with Crippen LogP contribution in [0.4, 0.5) is 5.13 Å². The third kappa shape index (κ3) is 4.62. The summed E-state index contributed by atoms with van der Waals surface area (Å²) in [6, 6.07) is 15.3. The first-order chi connectivity index (χ1) is 14.5. The Labute approximate surface area is 179 Å². The van der Waals surface area contributed by atoms with Crippen molar-refractivity contribution in [2.75, 3.05) is 18.4 Å². The molecule has 2 aromatic carbocycles. The van der Waals surface area contributed by atoms with Gasteiger partial charge in [-0.1, -0.05) is 43.4 Å². The molecule has 1 aliphatic heterocycles. The van der Waals surface area contributed by atoms with Gasteiger partial charge in [0, 0.05) is 31.0 Å². The fourth-order valence-corrected chi connectivity index (χ4v) is 4.48. The number of nitrogens with one attached hydrogen (secondary N) is 1. The van der Waals surface area contributed by atoms with Crippen molar-refractivity contribution in [1.29, 1.82) is 0 Å². The topological polar surface area (TPSA) is 71.5 Å². The summed E-state index contributed by atoms with van der Waals surface area (Å²) in [4.78, 5) is 31.2. The molecule has 4 rings (SSSR count). The molecule has 0 bridgehead atoms. The molecule has 1 aromatic heterocycles. The van der Waals surface area contributed by atoms with Crippen LogP contribution in [0, 0.1) is 11.8 Å². The number of anilines is 1. The predicted molar refractivity (Wildman–Crippen MR) is 119 cm³/mol. The van der Waals surface area contributed by atoms with Crippen LogP contribution in [0.15, 0.2) is 48.5 Å². The number of piperidine rings is 1. The fraction of sp³-hybridized carbons (Fsp3) is 0.348. The lowest BCUT2D eigenvalue weighted by molar-refractivity contribution is -0.137. The van der Waals surface area contributed by atoms with Gasteiger partial charge in [0.05, 0.1) is 10.2 Å². The number of nitrogens with zero attached hydrogens (tertiary/aromatic N) is 2. The Balaban J connectivity index is 1.38. The first-order valence-corrected chi connectivity index (χ1v) is 11.0. The van der Waals surface area contributed by atoms with E-state index >= 15 is 0 Å². The van der Waals surface area contributed by atoms with Gasteiger partial charge in [0.2, 0.25) is 11.8 Å². The first-order valence-electron chi connectivity index (χ1n) is 10.2. The minimum atomic E-state index is -0.0924. The second kappa shape index (κ2) is 8.83. The van der Waals surface area contributed by atoms with E-state index in [0.717, 1.165) is 21.7 Å². The number of thiazole rings is 1. The van der Waals surface area contributed by atoms with E-state index in [4.69, 9.17) is 4.74 Å². The van der Waals surface area contributed by atoms with E-state index in [0.29, 0.717) is 31.1 Å². The van der Waals surface area contributed by atoms with E-state index in [1.165, 1.54) is 11.3 Å². The van der Waals surface area contributed by atoms with Gasteiger partial charge in [-0.05, 0) is 37.1 Å². The molecule has 0 unspecified atom stereocenters. The van der Waals surface area contributed by atoms with Crippen molar-refractivity contribution < 1.29 is 14.3 Å². The van der Waals surface area contributed by atoms with Gasteiger partial charge in [0.25, 0.3) is 0 Å². The lowest BCUT2D eigenvalue weighted by atomic mass is 9.95. The highest BCUT2D eigenvalue weighted by Crippen LogP contribution is 2.32. The van der Waals surface area contributed by atoms with Crippen LogP contribution in [0.3, 0.4) is 0 Å². The number of aromatic nitrogens is 1. The Kier molecular flexibility index (Phi) is 5.99. The zero-order valence-electron chi connectivity index (χ0n) is 17.1. The van der Waals surface area contributed by atoms with Gasteiger partial charge in [0.1, 0.15) is 11.5 Å². The van der Waals surface area contributed by atoms with E-state index < -0.39 is 0 Å². The number of likely N-dealkylation sites (tertiary alicyclic amines) is 1. The smallest absolute Gasteiger partial charge is 0.229 e. The van der Waals surface area contributed by atoms with Gasteiger partial charge in [-0.2, -0.15) is 0 Å². The Hall–Kier alpha value is -2.93. The standard InChI is InChI=1S/C23H25N3O3S/c1-15(2)22(28)26-12-10-16(11-13-26)21(27)25-23-24-19-9-8-18(14-20(19)30-23)29-17-6-4-3-5-7-17/h3-9,14-16H,10-13H2,1-2H3,(H,24,25,27). The van der Waals surface area contributed by atoms with Crippen molar-refractivity contribution in [3.8, 4) is 11.5 Å². The Morgan fingerprint density at radius 3 is 2.53 bits per heavy atom. The van der Waals surface area contributed by atoms with Crippen LogP contribution >= 0.6 is 11.3 Å². The third-order valence-corrected chi connectivity index (χ3v) is 6.17. The molecule has 2 heterocycles. The lowest BCUT2D eigenvalue weighted by Crippen LogP contribution is -2.43. The van der Waals surface area contributed by atoms with E-state index in [9.17, 15) is 9.59 Å². The molecule has 156 valence electrons. The third-order valence-electron chi connectivity index (χ3n) is 5.24. The van der Waals surface area contributed by atoms with E-state index in [1.54, 1.807) is 0 Å². The fourth-order valence-electron chi connectivity index (χ4n) is 3.58. The monoisotopic (exact) mass is 423 g/mol. The molecule has 0 atom stereocenters. The quantitative estimate of drug-likeness (QED) is 0.632. The predicted octanol–water partition coefficient (Wildman–Crippen LogP) is 4.92. The lowest BCUT2D eigenvalue weighted by Gasteiger charge is -2.32. The largest absolute Gasteiger partial charge is 0.457 e. The molecule has 3 aromatic rings. The van der Waals surface area contributed by atoms with Gasteiger partial charge in [-0.3, -0.25) is 9.59 Å². The zero-order chi connectivity index (χ0) is 21.1. The summed E-state index contributed by atoms with van der Waals surface area (Å²) in [6.07, 6.45) is 1.37. The summed E-state index contributed by atoms with van der Waals surface area (Å²) in [5.74, 6) is 1.55. The van der Waals surface area contributed by atoms with Crippen LogP contribution in [0.1, 0.15) is 26.7 Å². The second-order valence-corrected chi connectivity index (χ2v) is 8.84. The van der Waals surface area contributed by atoms with Gasteiger partial charge in [-0.25, -0.2) is 4.98 Å². The van der Waals surface area contributed by atoms with Crippen molar-refractivity contribution in [2.24, 2.45) is 11.8 Å². The van der Waals surface area contributed by atoms with Crippen LogP contribution in [0.5, 0.6) is 11.5 Å². The molecule has 6 nitrogen and oxygen atoms in total. The molecule has 1 fully saturated rings.